The molecule has 2 aromatic carbocycles. The summed E-state index contributed by atoms with van der Waals surface area (Å²) in [5, 5.41) is 10.6. The number of halogens is 1. The lowest BCUT2D eigenvalue weighted by Crippen LogP contribution is -2.36. The third-order valence-corrected chi connectivity index (χ3v) is 4.99. The molecule has 0 radical (unpaired) electrons. The number of thioether (sulfide) groups is 1. The Bertz CT molecular complexity index is 1100. The number of amides is 3. The van der Waals surface area contributed by atoms with Crippen molar-refractivity contribution < 1.29 is 28.2 Å². The molecule has 3 rings (SSSR count). The highest BCUT2D eigenvalue weighted by molar-refractivity contribution is 8.18. The van der Waals surface area contributed by atoms with Gasteiger partial charge in [0, 0.05) is 5.69 Å². The number of imide groups is 1. The van der Waals surface area contributed by atoms with E-state index in [-0.39, 0.29) is 11.5 Å². The Morgan fingerprint density at radius 2 is 1.97 bits per heavy atom. The molecule has 3 amide bonds. The van der Waals surface area contributed by atoms with E-state index in [0.29, 0.717) is 34.5 Å². The summed E-state index contributed by atoms with van der Waals surface area (Å²) in [6.07, 6.45) is 1.50. The molecule has 1 heterocycles. The molecule has 10 heteroatoms. The van der Waals surface area contributed by atoms with Gasteiger partial charge in [0.05, 0.1) is 12.0 Å². The molecule has 0 aliphatic carbocycles. The lowest BCUT2D eigenvalue weighted by Gasteiger charge is -2.12. The predicted octanol–water partition coefficient (Wildman–Crippen LogP) is 3.41. The molecule has 0 saturated carbocycles. The number of nitrogens with zero attached hydrogens (tertiary/aromatic N) is 2. The SMILES string of the molecule is COc1cc(/C=C2\SC(=O)N(CC(=O)Nc3ccc(F)cc3)C2=O)ccc1OCC#N. The van der Waals surface area contributed by atoms with E-state index in [1.54, 1.807) is 18.2 Å². The van der Waals surface area contributed by atoms with Crippen LogP contribution < -0.4 is 14.8 Å². The zero-order chi connectivity index (χ0) is 22.4. The number of methoxy groups -OCH3 is 1. The average Bonchev–Trinajstić information content (AvgIpc) is 3.01. The van der Waals surface area contributed by atoms with E-state index in [2.05, 4.69) is 5.32 Å². The van der Waals surface area contributed by atoms with Gasteiger partial charge in [-0.05, 0) is 59.8 Å². The third kappa shape index (κ3) is 5.40. The topological polar surface area (TPSA) is 109 Å². The molecule has 1 aliphatic heterocycles. The summed E-state index contributed by atoms with van der Waals surface area (Å²) in [5.74, 6) is -0.909. The minimum atomic E-state index is -0.604. The minimum absolute atomic E-state index is 0.144. The zero-order valence-electron chi connectivity index (χ0n) is 16.3. The van der Waals surface area contributed by atoms with Gasteiger partial charge in [-0.3, -0.25) is 19.3 Å². The molecular formula is C21H16FN3O5S. The number of nitrogens with one attached hydrogen (secondary N) is 1. The Morgan fingerprint density at radius 1 is 1.23 bits per heavy atom. The maximum Gasteiger partial charge on any atom is 0.294 e. The molecule has 1 fully saturated rings. The summed E-state index contributed by atoms with van der Waals surface area (Å²) >= 11 is 0.712. The Balaban J connectivity index is 1.70. The summed E-state index contributed by atoms with van der Waals surface area (Å²) in [5.41, 5.74) is 0.919. The van der Waals surface area contributed by atoms with Crippen LogP contribution in [-0.2, 0) is 9.59 Å². The van der Waals surface area contributed by atoms with Gasteiger partial charge in [0.15, 0.2) is 18.1 Å². The molecule has 0 atom stereocenters. The number of carbonyl (C=O) groups excluding carboxylic acids is 3. The first-order valence-electron chi connectivity index (χ1n) is 8.90. The number of carbonyl (C=O) groups is 3. The molecule has 0 aromatic heterocycles. The van der Waals surface area contributed by atoms with Gasteiger partial charge in [0.2, 0.25) is 5.91 Å². The lowest BCUT2D eigenvalue weighted by molar-refractivity contribution is -0.127. The van der Waals surface area contributed by atoms with Gasteiger partial charge in [0.25, 0.3) is 11.1 Å². The predicted molar refractivity (Wildman–Crippen MR) is 112 cm³/mol. The van der Waals surface area contributed by atoms with Crippen LogP contribution in [0.25, 0.3) is 6.08 Å². The summed E-state index contributed by atoms with van der Waals surface area (Å²) in [6.45, 7) is -0.613. The van der Waals surface area contributed by atoms with Crippen LogP contribution in [-0.4, -0.2) is 42.2 Å². The summed E-state index contributed by atoms with van der Waals surface area (Å²) in [7, 11) is 1.44. The van der Waals surface area contributed by atoms with Crippen molar-refractivity contribution in [2.45, 2.75) is 0 Å². The second-order valence-electron chi connectivity index (χ2n) is 6.18. The fourth-order valence-electron chi connectivity index (χ4n) is 2.67. The highest BCUT2D eigenvalue weighted by atomic mass is 32.2. The van der Waals surface area contributed by atoms with Gasteiger partial charge in [0.1, 0.15) is 18.4 Å². The standard InChI is InChI=1S/C21H16FN3O5S/c1-29-17-10-13(2-7-16(17)30-9-8-23)11-18-20(27)25(21(28)31-18)12-19(26)24-15-5-3-14(22)4-6-15/h2-7,10-11H,9,12H2,1H3,(H,24,26)/b18-11-. The van der Waals surface area contributed by atoms with Gasteiger partial charge in [-0.2, -0.15) is 5.26 Å². The van der Waals surface area contributed by atoms with Gasteiger partial charge >= 0.3 is 0 Å². The van der Waals surface area contributed by atoms with Crippen molar-refractivity contribution in [2.75, 3.05) is 25.6 Å². The molecule has 158 valence electrons. The molecule has 2 aromatic rings. The number of anilines is 1. The molecule has 0 unspecified atom stereocenters. The molecule has 31 heavy (non-hydrogen) atoms. The number of benzene rings is 2. The Hall–Kier alpha value is -3.84. The van der Waals surface area contributed by atoms with Crippen molar-refractivity contribution >= 4 is 40.6 Å². The number of ether oxygens (including phenoxy) is 2. The molecule has 0 bridgehead atoms. The molecule has 1 aliphatic rings. The molecule has 0 spiro atoms. The normalized spacial score (nSPS) is 14.5. The van der Waals surface area contributed by atoms with Gasteiger partial charge in [-0.1, -0.05) is 6.07 Å². The first-order valence-corrected chi connectivity index (χ1v) is 9.71. The third-order valence-electron chi connectivity index (χ3n) is 4.08. The summed E-state index contributed by atoms with van der Waals surface area (Å²) < 4.78 is 23.4. The first kappa shape index (κ1) is 21.9. The van der Waals surface area contributed by atoms with E-state index in [9.17, 15) is 18.8 Å². The first-order chi connectivity index (χ1) is 14.9. The molecule has 8 nitrogen and oxygen atoms in total. The Morgan fingerprint density at radius 3 is 2.65 bits per heavy atom. The van der Waals surface area contributed by atoms with Crippen molar-refractivity contribution in [3.8, 4) is 17.6 Å². The highest BCUT2D eigenvalue weighted by Crippen LogP contribution is 2.34. The van der Waals surface area contributed by atoms with E-state index in [1.807, 2.05) is 6.07 Å². The van der Waals surface area contributed by atoms with E-state index in [1.165, 1.54) is 37.5 Å². The van der Waals surface area contributed by atoms with Gasteiger partial charge in [-0.15, -0.1) is 0 Å². The van der Waals surface area contributed by atoms with Crippen LogP contribution in [0.3, 0.4) is 0 Å². The maximum atomic E-state index is 13.0. The lowest BCUT2D eigenvalue weighted by atomic mass is 10.2. The van der Waals surface area contributed by atoms with Crippen molar-refractivity contribution in [3.63, 3.8) is 0 Å². The van der Waals surface area contributed by atoms with Crippen LogP contribution in [0.1, 0.15) is 5.56 Å². The van der Waals surface area contributed by atoms with Gasteiger partial charge in [-0.25, -0.2) is 4.39 Å². The number of hydrogen-bond donors (Lipinski definition) is 1. The van der Waals surface area contributed by atoms with Crippen molar-refractivity contribution in [3.05, 3.63) is 58.8 Å². The van der Waals surface area contributed by atoms with Crippen molar-refractivity contribution in [2.24, 2.45) is 0 Å². The fraction of sp³-hybridized carbons (Fsp3) is 0.143. The molecule has 1 N–H and O–H groups in total. The van der Waals surface area contributed by atoms with E-state index in [4.69, 9.17) is 14.7 Å². The fourth-order valence-corrected chi connectivity index (χ4v) is 3.51. The molecule has 1 saturated heterocycles. The highest BCUT2D eigenvalue weighted by Gasteiger charge is 2.36. The van der Waals surface area contributed by atoms with E-state index < -0.39 is 29.4 Å². The van der Waals surface area contributed by atoms with Crippen LogP contribution in [0.5, 0.6) is 11.5 Å². The smallest absolute Gasteiger partial charge is 0.294 e. The van der Waals surface area contributed by atoms with Crippen LogP contribution in [0.4, 0.5) is 14.9 Å². The van der Waals surface area contributed by atoms with Gasteiger partial charge < -0.3 is 14.8 Å². The number of rotatable bonds is 7. The van der Waals surface area contributed by atoms with Crippen LogP contribution in [0.2, 0.25) is 0 Å². The van der Waals surface area contributed by atoms with Crippen molar-refractivity contribution in [1.82, 2.24) is 4.90 Å². The molecular weight excluding hydrogens is 425 g/mol. The number of hydrogen-bond acceptors (Lipinski definition) is 7. The Labute approximate surface area is 181 Å². The summed E-state index contributed by atoms with van der Waals surface area (Å²) in [4.78, 5) is 38.0. The van der Waals surface area contributed by atoms with E-state index >= 15 is 0 Å². The quantitative estimate of drug-likeness (QED) is 0.656. The average molecular weight is 441 g/mol. The second-order valence-corrected chi connectivity index (χ2v) is 7.17. The second kappa shape index (κ2) is 9.77. The van der Waals surface area contributed by atoms with Crippen LogP contribution in [0.15, 0.2) is 47.4 Å². The largest absolute Gasteiger partial charge is 0.493 e. The number of nitriles is 1. The maximum absolute atomic E-state index is 13.0. The van der Waals surface area contributed by atoms with Crippen molar-refractivity contribution in [1.29, 1.82) is 5.26 Å². The monoisotopic (exact) mass is 441 g/mol. The van der Waals surface area contributed by atoms with Crippen LogP contribution in [0, 0.1) is 17.1 Å². The van der Waals surface area contributed by atoms with Crippen LogP contribution >= 0.6 is 11.8 Å². The zero-order valence-corrected chi connectivity index (χ0v) is 17.1. The summed E-state index contributed by atoms with van der Waals surface area (Å²) in [6, 6.07) is 11.8. The van der Waals surface area contributed by atoms with E-state index in [0.717, 1.165) is 4.90 Å². The minimum Gasteiger partial charge on any atom is -0.493 e. The Kier molecular flexibility index (Phi) is 6.89.